The van der Waals surface area contributed by atoms with Gasteiger partial charge in [-0.1, -0.05) is 18.6 Å². The largest absolute Gasteiger partial charge is 0.479 e. The lowest BCUT2D eigenvalue weighted by atomic mass is 9.94. The Bertz CT molecular complexity index is 491. The highest BCUT2D eigenvalue weighted by molar-refractivity contribution is 5.29. The minimum atomic E-state index is 0.109. The summed E-state index contributed by atoms with van der Waals surface area (Å²) in [5.74, 6) is 2.65. The summed E-state index contributed by atoms with van der Waals surface area (Å²) in [7, 11) is 0. The summed E-state index contributed by atoms with van der Waals surface area (Å²) in [4.78, 5) is 0. The van der Waals surface area contributed by atoms with Crippen molar-refractivity contribution in [3.63, 3.8) is 0 Å². The van der Waals surface area contributed by atoms with E-state index in [2.05, 4.69) is 24.4 Å². The van der Waals surface area contributed by atoms with Gasteiger partial charge in [0.2, 0.25) is 0 Å². The molecule has 0 radical (unpaired) electrons. The molecule has 1 aromatic carbocycles. The van der Waals surface area contributed by atoms with Crippen LogP contribution in [0.15, 0.2) is 24.3 Å². The van der Waals surface area contributed by atoms with Crippen molar-refractivity contribution in [1.82, 2.24) is 5.32 Å². The SMILES string of the molecule is CC(NC1CC2CCC1C2)c1ccc(OCC#N)cc1. The van der Waals surface area contributed by atoms with Crippen LogP contribution in [0.2, 0.25) is 0 Å². The van der Waals surface area contributed by atoms with Crippen LogP contribution in [0.3, 0.4) is 0 Å². The summed E-state index contributed by atoms with van der Waals surface area (Å²) in [6.45, 7) is 2.34. The second-order valence-corrected chi connectivity index (χ2v) is 6.19. The maximum Gasteiger partial charge on any atom is 0.174 e. The third-order valence-corrected chi connectivity index (χ3v) is 4.89. The van der Waals surface area contributed by atoms with Crippen molar-refractivity contribution >= 4 is 0 Å². The fourth-order valence-electron chi connectivity index (χ4n) is 3.83. The van der Waals surface area contributed by atoms with Crippen LogP contribution >= 0.6 is 0 Å². The van der Waals surface area contributed by atoms with E-state index in [0.717, 1.165) is 17.6 Å². The molecule has 2 fully saturated rings. The number of ether oxygens (including phenoxy) is 1. The Hall–Kier alpha value is -1.53. The van der Waals surface area contributed by atoms with E-state index in [1.807, 2.05) is 18.2 Å². The Morgan fingerprint density at radius 3 is 2.70 bits per heavy atom. The molecule has 0 heterocycles. The number of benzene rings is 1. The van der Waals surface area contributed by atoms with Gasteiger partial charge in [0.15, 0.2) is 6.61 Å². The summed E-state index contributed by atoms with van der Waals surface area (Å²) >= 11 is 0. The predicted octanol–water partition coefficient (Wildman–Crippen LogP) is 3.43. The van der Waals surface area contributed by atoms with E-state index in [1.165, 1.54) is 31.2 Å². The van der Waals surface area contributed by atoms with E-state index in [9.17, 15) is 0 Å². The molecule has 3 rings (SSSR count). The first kappa shape index (κ1) is 13.5. The van der Waals surface area contributed by atoms with E-state index in [0.29, 0.717) is 12.1 Å². The van der Waals surface area contributed by atoms with Crippen molar-refractivity contribution in [3.8, 4) is 11.8 Å². The van der Waals surface area contributed by atoms with Crippen molar-refractivity contribution < 1.29 is 4.74 Å². The van der Waals surface area contributed by atoms with Crippen molar-refractivity contribution in [2.24, 2.45) is 11.8 Å². The highest BCUT2D eigenvalue weighted by Crippen LogP contribution is 2.45. The Morgan fingerprint density at radius 1 is 1.30 bits per heavy atom. The molecule has 4 atom stereocenters. The van der Waals surface area contributed by atoms with Crippen molar-refractivity contribution in [1.29, 1.82) is 5.26 Å². The van der Waals surface area contributed by atoms with E-state index < -0.39 is 0 Å². The topological polar surface area (TPSA) is 45.0 Å². The van der Waals surface area contributed by atoms with Crippen LogP contribution in [-0.2, 0) is 0 Å². The minimum Gasteiger partial charge on any atom is -0.479 e. The zero-order valence-corrected chi connectivity index (χ0v) is 12.0. The van der Waals surface area contributed by atoms with Crippen LogP contribution in [0.1, 0.15) is 44.2 Å². The second kappa shape index (κ2) is 5.85. The van der Waals surface area contributed by atoms with Gasteiger partial charge in [-0.2, -0.15) is 5.26 Å². The van der Waals surface area contributed by atoms with Crippen LogP contribution < -0.4 is 10.1 Å². The molecule has 4 unspecified atom stereocenters. The number of fused-ring (bicyclic) bond motifs is 2. The summed E-state index contributed by atoms with van der Waals surface area (Å²) in [5.41, 5.74) is 1.29. The maximum atomic E-state index is 8.50. The molecule has 0 saturated heterocycles. The van der Waals surface area contributed by atoms with Gasteiger partial charge >= 0.3 is 0 Å². The molecule has 1 N–H and O–H groups in total. The average molecular weight is 270 g/mol. The van der Waals surface area contributed by atoms with Crippen LogP contribution in [-0.4, -0.2) is 12.6 Å². The van der Waals surface area contributed by atoms with Crippen LogP contribution in [0.25, 0.3) is 0 Å². The highest BCUT2D eigenvalue weighted by Gasteiger charge is 2.39. The average Bonchev–Trinajstić information content (AvgIpc) is 3.08. The number of nitriles is 1. The number of rotatable bonds is 5. The lowest BCUT2D eigenvalue weighted by Gasteiger charge is -2.27. The van der Waals surface area contributed by atoms with Gasteiger partial charge in [-0.3, -0.25) is 0 Å². The second-order valence-electron chi connectivity index (χ2n) is 6.19. The summed E-state index contributed by atoms with van der Waals surface area (Å²) in [6.07, 6.45) is 5.65. The van der Waals surface area contributed by atoms with Gasteiger partial charge in [-0.25, -0.2) is 0 Å². The monoisotopic (exact) mass is 270 g/mol. The zero-order valence-electron chi connectivity index (χ0n) is 12.0. The predicted molar refractivity (Wildman–Crippen MR) is 78.3 cm³/mol. The zero-order chi connectivity index (χ0) is 13.9. The number of hydrogen-bond donors (Lipinski definition) is 1. The standard InChI is InChI=1S/C17H22N2O/c1-12(19-17-11-13-2-3-15(17)10-13)14-4-6-16(7-5-14)20-9-8-18/h4-7,12-13,15,17,19H,2-3,9-11H2,1H3. The van der Waals surface area contributed by atoms with Crippen LogP contribution in [0, 0.1) is 23.2 Å². The molecule has 0 amide bonds. The first-order valence-corrected chi connectivity index (χ1v) is 7.62. The Labute approximate surface area is 120 Å². The molecule has 2 aliphatic rings. The summed E-state index contributed by atoms with van der Waals surface area (Å²) < 4.78 is 5.28. The van der Waals surface area contributed by atoms with Gasteiger partial charge in [0.25, 0.3) is 0 Å². The van der Waals surface area contributed by atoms with E-state index in [1.54, 1.807) is 0 Å². The molecule has 1 aromatic rings. The van der Waals surface area contributed by atoms with Crippen LogP contribution in [0.5, 0.6) is 5.75 Å². The molecule has 3 nitrogen and oxygen atoms in total. The lowest BCUT2D eigenvalue weighted by Crippen LogP contribution is -2.35. The minimum absolute atomic E-state index is 0.109. The molecular weight excluding hydrogens is 248 g/mol. The molecule has 2 aliphatic carbocycles. The molecular formula is C17H22N2O. The quantitative estimate of drug-likeness (QED) is 0.891. The molecule has 0 aliphatic heterocycles. The van der Waals surface area contributed by atoms with Gasteiger partial charge < -0.3 is 10.1 Å². The molecule has 0 spiro atoms. The normalized spacial score (nSPS) is 29.1. The molecule has 3 heteroatoms. The first-order valence-electron chi connectivity index (χ1n) is 7.62. The number of nitrogens with one attached hydrogen (secondary N) is 1. The smallest absolute Gasteiger partial charge is 0.174 e. The summed E-state index contributed by atoms with van der Waals surface area (Å²) in [5, 5.41) is 12.3. The van der Waals surface area contributed by atoms with Gasteiger partial charge in [0.05, 0.1) is 0 Å². The fraction of sp³-hybridized carbons (Fsp3) is 0.588. The van der Waals surface area contributed by atoms with Crippen molar-refractivity contribution in [2.45, 2.75) is 44.7 Å². The number of nitrogens with zero attached hydrogens (tertiary/aromatic N) is 1. The van der Waals surface area contributed by atoms with Gasteiger partial charge in [0.1, 0.15) is 11.8 Å². The highest BCUT2D eigenvalue weighted by atomic mass is 16.5. The van der Waals surface area contributed by atoms with Gasteiger partial charge in [0, 0.05) is 12.1 Å². The first-order chi connectivity index (χ1) is 9.76. The Morgan fingerprint density at radius 2 is 2.10 bits per heavy atom. The van der Waals surface area contributed by atoms with Gasteiger partial charge in [-0.15, -0.1) is 0 Å². The van der Waals surface area contributed by atoms with Crippen molar-refractivity contribution in [3.05, 3.63) is 29.8 Å². The molecule has 20 heavy (non-hydrogen) atoms. The molecule has 2 saturated carbocycles. The Balaban J connectivity index is 1.57. The Kier molecular flexibility index (Phi) is 3.93. The van der Waals surface area contributed by atoms with Gasteiger partial charge in [-0.05, 0) is 55.7 Å². The molecule has 2 bridgehead atoms. The third kappa shape index (κ3) is 2.81. The van der Waals surface area contributed by atoms with E-state index in [4.69, 9.17) is 10.00 Å². The third-order valence-electron chi connectivity index (χ3n) is 4.89. The fourth-order valence-corrected chi connectivity index (χ4v) is 3.83. The van der Waals surface area contributed by atoms with Crippen molar-refractivity contribution in [2.75, 3.05) is 6.61 Å². The van der Waals surface area contributed by atoms with E-state index in [-0.39, 0.29) is 6.61 Å². The lowest BCUT2D eigenvalue weighted by molar-refractivity contribution is 0.326. The molecule has 0 aromatic heterocycles. The van der Waals surface area contributed by atoms with E-state index >= 15 is 0 Å². The number of hydrogen-bond acceptors (Lipinski definition) is 3. The molecule has 106 valence electrons. The van der Waals surface area contributed by atoms with Crippen LogP contribution in [0.4, 0.5) is 0 Å². The summed E-state index contributed by atoms with van der Waals surface area (Å²) in [6, 6.07) is 11.2. The maximum absolute atomic E-state index is 8.50.